The molecule has 0 spiro atoms. The van der Waals surface area contributed by atoms with Gasteiger partial charge in [0.25, 0.3) is 5.91 Å². The molecule has 2 aliphatic heterocycles. The fourth-order valence-corrected chi connectivity index (χ4v) is 5.82. The van der Waals surface area contributed by atoms with Crippen LogP contribution in [-0.2, 0) is 10.0 Å². The Hall–Kier alpha value is -2.09. The number of carbonyl (C=O) groups excluding carboxylic acids is 1. The molecule has 8 heteroatoms. The van der Waals surface area contributed by atoms with Gasteiger partial charge in [0.2, 0.25) is 10.0 Å². The van der Waals surface area contributed by atoms with Crippen LogP contribution in [0.5, 0.6) is 0 Å². The highest BCUT2D eigenvalue weighted by Gasteiger charge is 2.28. The van der Waals surface area contributed by atoms with Crippen molar-refractivity contribution in [3.63, 3.8) is 0 Å². The fraction of sp³-hybridized carbons (Fsp3) is 0.435. The Morgan fingerprint density at radius 1 is 0.935 bits per heavy atom. The monoisotopic (exact) mass is 461 g/mol. The summed E-state index contributed by atoms with van der Waals surface area (Å²) in [5, 5.41) is 0.699. The molecule has 2 saturated heterocycles. The normalized spacial score (nSPS) is 18.9. The van der Waals surface area contributed by atoms with E-state index in [9.17, 15) is 13.2 Å². The van der Waals surface area contributed by atoms with E-state index < -0.39 is 10.0 Å². The molecule has 4 rings (SSSR count). The molecular weight excluding hydrogens is 434 g/mol. The van der Waals surface area contributed by atoms with Gasteiger partial charge in [-0.3, -0.25) is 4.79 Å². The van der Waals surface area contributed by atoms with Gasteiger partial charge in [-0.15, -0.1) is 0 Å². The Balaban J connectivity index is 1.39. The molecule has 0 aliphatic carbocycles. The van der Waals surface area contributed by atoms with Crippen LogP contribution >= 0.6 is 11.6 Å². The molecule has 0 atom stereocenters. The van der Waals surface area contributed by atoms with Crippen molar-refractivity contribution >= 4 is 33.2 Å². The van der Waals surface area contributed by atoms with Crippen molar-refractivity contribution < 1.29 is 13.2 Å². The van der Waals surface area contributed by atoms with Crippen molar-refractivity contribution in [2.75, 3.05) is 44.2 Å². The molecule has 0 saturated carbocycles. The summed E-state index contributed by atoms with van der Waals surface area (Å²) in [6.45, 7) is 5.94. The van der Waals surface area contributed by atoms with E-state index in [2.05, 4.69) is 11.8 Å². The molecule has 0 aromatic heterocycles. The van der Waals surface area contributed by atoms with Crippen LogP contribution < -0.4 is 4.90 Å². The van der Waals surface area contributed by atoms with E-state index >= 15 is 0 Å². The Morgan fingerprint density at radius 2 is 1.58 bits per heavy atom. The Morgan fingerprint density at radius 3 is 2.19 bits per heavy atom. The van der Waals surface area contributed by atoms with Crippen molar-refractivity contribution in [3.8, 4) is 0 Å². The molecule has 31 heavy (non-hydrogen) atoms. The Bertz CT molecular complexity index is 1030. The van der Waals surface area contributed by atoms with Crippen LogP contribution in [-0.4, -0.2) is 62.8 Å². The number of nitrogens with zero attached hydrogens (tertiary/aromatic N) is 3. The molecule has 2 aromatic carbocycles. The number of anilines is 1. The van der Waals surface area contributed by atoms with Crippen LogP contribution in [0, 0.1) is 5.92 Å². The smallest absolute Gasteiger partial charge is 0.253 e. The number of halogens is 1. The van der Waals surface area contributed by atoms with Gasteiger partial charge in [-0.05, 0) is 61.2 Å². The number of piperazine rings is 1. The van der Waals surface area contributed by atoms with Gasteiger partial charge in [0, 0.05) is 55.5 Å². The highest BCUT2D eigenvalue weighted by Crippen LogP contribution is 2.24. The molecule has 0 N–H and O–H groups in total. The van der Waals surface area contributed by atoms with E-state index in [1.165, 1.54) is 0 Å². The average Bonchev–Trinajstić information content (AvgIpc) is 2.79. The maximum Gasteiger partial charge on any atom is 0.253 e. The van der Waals surface area contributed by atoms with E-state index in [4.69, 9.17) is 11.6 Å². The minimum Gasteiger partial charge on any atom is -0.368 e. The molecule has 166 valence electrons. The van der Waals surface area contributed by atoms with Crippen molar-refractivity contribution in [2.24, 2.45) is 5.92 Å². The Kier molecular flexibility index (Phi) is 6.55. The molecule has 2 aromatic rings. The summed E-state index contributed by atoms with van der Waals surface area (Å²) in [6.07, 6.45) is 1.77. The van der Waals surface area contributed by atoms with Gasteiger partial charge >= 0.3 is 0 Å². The van der Waals surface area contributed by atoms with Crippen molar-refractivity contribution in [1.82, 2.24) is 9.21 Å². The predicted octanol–water partition coefficient (Wildman–Crippen LogP) is 3.72. The van der Waals surface area contributed by atoms with Crippen molar-refractivity contribution in [2.45, 2.75) is 24.7 Å². The number of hydrogen-bond acceptors (Lipinski definition) is 4. The molecule has 2 fully saturated rings. The molecule has 0 bridgehead atoms. The lowest BCUT2D eigenvalue weighted by molar-refractivity contribution is 0.0746. The third kappa shape index (κ3) is 4.89. The predicted molar refractivity (Wildman–Crippen MR) is 123 cm³/mol. The first-order valence-corrected chi connectivity index (χ1v) is 12.6. The third-order valence-electron chi connectivity index (χ3n) is 6.22. The largest absolute Gasteiger partial charge is 0.368 e. The number of rotatable bonds is 4. The number of piperidine rings is 1. The molecule has 0 unspecified atom stereocenters. The standard InChI is InChI=1S/C23H28ClN3O3S/c1-18-9-11-27(12-10-18)31(29,30)22-7-5-19(6-8-22)23(28)26-15-13-25(14-16-26)21-4-2-3-20(24)17-21/h2-8,17-18H,9-16H2,1H3. The summed E-state index contributed by atoms with van der Waals surface area (Å²) in [5.74, 6) is 0.493. The maximum atomic E-state index is 12.9. The summed E-state index contributed by atoms with van der Waals surface area (Å²) in [6, 6.07) is 14.1. The molecule has 2 heterocycles. The van der Waals surface area contributed by atoms with Crippen LogP contribution in [0.2, 0.25) is 5.02 Å². The summed E-state index contributed by atoms with van der Waals surface area (Å²) in [5.41, 5.74) is 1.57. The lowest BCUT2D eigenvalue weighted by Crippen LogP contribution is -2.48. The van der Waals surface area contributed by atoms with Gasteiger partial charge in [-0.1, -0.05) is 24.6 Å². The van der Waals surface area contributed by atoms with E-state index in [-0.39, 0.29) is 10.8 Å². The molecule has 1 amide bonds. The van der Waals surface area contributed by atoms with Gasteiger partial charge in [-0.2, -0.15) is 4.31 Å². The summed E-state index contributed by atoms with van der Waals surface area (Å²) in [7, 11) is -3.50. The first-order chi connectivity index (χ1) is 14.8. The molecule has 2 aliphatic rings. The zero-order valence-electron chi connectivity index (χ0n) is 17.7. The van der Waals surface area contributed by atoms with Crippen LogP contribution in [0.15, 0.2) is 53.4 Å². The first-order valence-electron chi connectivity index (χ1n) is 10.7. The summed E-state index contributed by atoms with van der Waals surface area (Å²) >= 11 is 6.09. The number of benzene rings is 2. The highest BCUT2D eigenvalue weighted by molar-refractivity contribution is 7.89. The SMILES string of the molecule is CC1CCN(S(=O)(=O)c2ccc(C(=O)N3CCN(c4cccc(Cl)c4)CC3)cc2)CC1. The summed E-state index contributed by atoms with van der Waals surface area (Å²) in [4.78, 5) is 17.2. The number of amides is 1. The average molecular weight is 462 g/mol. The highest BCUT2D eigenvalue weighted by atomic mass is 35.5. The van der Waals surface area contributed by atoms with E-state index in [1.807, 2.05) is 29.2 Å². The quantitative estimate of drug-likeness (QED) is 0.696. The second-order valence-electron chi connectivity index (χ2n) is 8.37. The van der Waals surface area contributed by atoms with Crippen molar-refractivity contribution in [3.05, 3.63) is 59.1 Å². The maximum absolute atomic E-state index is 12.9. The van der Waals surface area contributed by atoms with Crippen LogP contribution in [0.3, 0.4) is 0 Å². The van der Waals surface area contributed by atoms with Gasteiger partial charge < -0.3 is 9.80 Å². The fourth-order valence-electron chi connectivity index (χ4n) is 4.17. The minimum absolute atomic E-state index is 0.0681. The van der Waals surface area contributed by atoms with Gasteiger partial charge in [0.15, 0.2) is 0 Å². The van der Waals surface area contributed by atoms with Gasteiger partial charge in [0.05, 0.1) is 4.90 Å². The van der Waals surface area contributed by atoms with E-state index in [0.717, 1.165) is 31.6 Å². The zero-order valence-corrected chi connectivity index (χ0v) is 19.3. The van der Waals surface area contributed by atoms with Gasteiger partial charge in [0.1, 0.15) is 0 Å². The van der Waals surface area contributed by atoms with Crippen LogP contribution in [0.25, 0.3) is 0 Å². The number of sulfonamides is 1. The lowest BCUT2D eigenvalue weighted by Gasteiger charge is -2.36. The van der Waals surface area contributed by atoms with Gasteiger partial charge in [-0.25, -0.2) is 8.42 Å². The van der Waals surface area contributed by atoms with E-state index in [1.54, 1.807) is 28.6 Å². The van der Waals surface area contributed by atoms with Crippen molar-refractivity contribution in [1.29, 1.82) is 0 Å². The molecule has 0 radical (unpaired) electrons. The second-order valence-corrected chi connectivity index (χ2v) is 10.7. The van der Waals surface area contributed by atoms with Crippen LogP contribution in [0.1, 0.15) is 30.1 Å². The lowest BCUT2D eigenvalue weighted by atomic mass is 10.0. The third-order valence-corrected chi connectivity index (χ3v) is 8.37. The number of carbonyl (C=O) groups is 1. The first kappa shape index (κ1) is 22.1. The van der Waals surface area contributed by atoms with E-state index in [0.29, 0.717) is 42.7 Å². The zero-order chi connectivity index (χ0) is 22.0. The second kappa shape index (κ2) is 9.18. The topological polar surface area (TPSA) is 60.9 Å². The minimum atomic E-state index is -3.50. The Labute approximate surface area is 189 Å². The summed E-state index contributed by atoms with van der Waals surface area (Å²) < 4.78 is 27.3. The number of hydrogen-bond donors (Lipinski definition) is 0. The molecule has 6 nitrogen and oxygen atoms in total. The molecular formula is C23H28ClN3O3S. The van der Waals surface area contributed by atoms with Crippen LogP contribution in [0.4, 0.5) is 5.69 Å².